The van der Waals surface area contributed by atoms with Gasteiger partial charge in [0.2, 0.25) is 15.9 Å². The molecule has 1 aliphatic rings. The quantitative estimate of drug-likeness (QED) is 0.524. The number of sulfonamides is 1. The van der Waals surface area contributed by atoms with Crippen LogP contribution in [-0.4, -0.2) is 37.7 Å². The first-order chi connectivity index (χ1) is 14.9. The van der Waals surface area contributed by atoms with Gasteiger partial charge in [0.25, 0.3) is 5.91 Å². The summed E-state index contributed by atoms with van der Waals surface area (Å²) in [6.07, 6.45) is 1.16. The molecule has 0 aliphatic carbocycles. The van der Waals surface area contributed by atoms with Gasteiger partial charge >= 0.3 is 0 Å². The van der Waals surface area contributed by atoms with Crippen molar-refractivity contribution in [3.63, 3.8) is 0 Å². The number of carbonyl (C=O) groups is 2. The largest absolute Gasteiger partial charge is 0.497 e. The number of para-hydroxylation sites is 1. The van der Waals surface area contributed by atoms with Crippen LogP contribution >= 0.6 is 0 Å². The van der Waals surface area contributed by atoms with Gasteiger partial charge in [-0.15, -0.1) is 0 Å². The maximum atomic E-state index is 13.5. The molecule has 1 aliphatic heterocycles. The highest BCUT2D eigenvalue weighted by Crippen LogP contribution is 2.31. The van der Waals surface area contributed by atoms with Crippen molar-refractivity contribution in [3.8, 4) is 5.75 Å². The molecule has 2 aromatic carbocycles. The molecule has 3 aromatic rings. The monoisotopic (exact) mass is 440 g/mol. The molecule has 0 saturated carbocycles. The van der Waals surface area contributed by atoms with Gasteiger partial charge in [0.15, 0.2) is 0 Å². The molecular formula is C22H20N2O6S. The number of carbonyl (C=O) groups excluding carboxylic acids is 2. The van der Waals surface area contributed by atoms with Crippen molar-refractivity contribution in [1.82, 2.24) is 4.31 Å². The Bertz CT molecular complexity index is 1170. The number of benzene rings is 2. The average Bonchev–Trinajstić information content (AvgIpc) is 3.40. The van der Waals surface area contributed by atoms with Gasteiger partial charge in [-0.25, -0.2) is 13.3 Å². The molecule has 9 heteroatoms. The van der Waals surface area contributed by atoms with E-state index in [1.54, 1.807) is 42.5 Å². The van der Waals surface area contributed by atoms with Crippen LogP contribution in [0, 0.1) is 0 Å². The molecule has 2 amide bonds. The topological polar surface area (TPSA) is 97.1 Å². The number of methoxy groups -OCH3 is 1. The van der Waals surface area contributed by atoms with E-state index in [1.807, 2.05) is 0 Å². The summed E-state index contributed by atoms with van der Waals surface area (Å²) in [5.74, 6) is -0.204. The highest BCUT2D eigenvalue weighted by Gasteiger charge is 2.47. The summed E-state index contributed by atoms with van der Waals surface area (Å²) in [6.45, 7) is -0.187. The molecular weight excluding hydrogens is 420 g/mol. The first-order valence-corrected chi connectivity index (χ1v) is 11.0. The Kier molecular flexibility index (Phi) is 5.62. The van der Waals surface area contributed by atoms with Crippen LogP contribution in [0.15, 0.2) is 82.3 Å². The first-order valence-electron chi connectivity index (χ1n) is 9.52. The van der Waals surface area contributed by atoms with Crippen molar-refractivity contribution < 1.29 is 27.2 Å². The summed E-state index contributed by atoms with van der Waals surface area (Å²) in [7, 11) is -2.65. The lowest BCUT2D eigenvalue weighted by Crippen LogP contribution is -2.45. The normalized spacial score (nSPS) is 16.8. The molecule has 31 heavy (non-hydrogen) atoms. The van der Waals surface area contributed by atoms with Crippen LogP contribution in [0.4, 0.5) is 5.69 Å². The fraction of sp³-hybridized carbons (Fsp3) is 0.182. The van der Waals surface area contributed by atoms with Gasteiger partial charge in [-0.2, -0.15) is 4.31 Å². The highest BCUT2D eigenvalue weighted by atomic mass is 32.2. The molecule has 0 spiro atoms. The van der Waals surface area contributed by atoms with Crippen molar-refractivity contribution in [2.24, 2.45) is 0 Å². The van der Waals surface area contributed by atoms with Crippen molar-refractivity contribution in [2.45, 2.75) is 23.9 Å². The van der Waals surface area contributed by atoms with Crippen molar-refractivity contribution in [2.75, 3.05) is 12.0 Å². The zero-order valence-electron chi connectivity index (χ0n) is 16.7. The van der Waals surface area contributed by atoms with E-state index in [9.17, 15) is 18.0 Å². The second kappa shape index (κ2) is 8.37. The standard InChI is InChI=1S/C22H20N2O6S/c1-29-17-9-11-19(12-10-17)31(27,28)23(15-18-8-5-13-30-18)20-14-21(25)24(22(20)26)16-6-3-2-4-7-16/h2-13,20H,14-15H2,1H3. The fourth-order valence-corrected chi connectivity index (χ4v) is 5.04. The van der Waals surface area contributed by atoms with Crippen molar-refractivity contribution in [1.29, 1.82) is 0 Å². The third-order valence-corrected chi connectivity index (χ3v) is 6.91. The molecule has 0 radical (unpaired) electrons. The second-order valence-electron chi connectivity index (χ2n) is 6.93. The molecule has 1 aromatic heterocycles. The smallest absolute Gasteiger partial charge is 0.252 e. The van der Waals surface area contributed by atoms with Gasteiger partial charge in [-0.3, -0.25) is 9.59 Å². The number of furan rings is 1. The average molecular weight is 440 g/mol. The molecule has 8 nitrogen and oxygen atoms in total. The van der Waals surface area contributed by atoms with E-state index in [0.717, 1.165) is 9.21 Å². The summed E-state index contributed by atoms with van der Waals surface area (Å²) in [6, 6.07) is 16.4. The van der Waals surface area contributed by atoms with Gasteiger partial charge in [-0.05, 0) is 48.5 Å². The third-order valence-electron chi connectivity index (χ3n) is 5.04. The first kappa shape index (κ1) is 20.8. The SMILES string of the molecule is COc1ccc(S(=O)(=O)N(Cc2ccco2)C2CC(=O)N(c3ccccc3)C2=O)cc1. The summed E-state index contributed by atoms with van der Waals surface area (Å²) in [5.41, 5.74) is 0.403. The Balaban J connectivity index is 1.73. The number of anilines is 1. The highest BCUT2D eigenvalue weighted by molar-refractivity contribution is 7.89. The number of imide groups is 1. The Morgan fingerprint density at radius 2 is 1.74 bits per heavy atom. The minimum Gasteiger partial charge on any atom is -0.497 e. The number of hydrogen-bond donors (Lipinski definition) is 0. The Hall–Kier alpha value is -3.43. The molecule has 1 saturated heterocycles. The van der Waals surface area contributed by atoms with E-state index < -0.39 is 27.9 Å². The number of amides is 2. The molecule has 2 heterocycles. The number of rotatable bonds is 7. The maximum Gasteiger partial charge on any atom is 0.252 e. The summed E-state index contributed by atoms with van der Waals surface area (Å²) in [4.78, 5) is 26.9. The van der Waals surface area contributed by atoms with E-state index >= 15 is 0 Å². The van der Waals surface area contributed by atoms with Gasteiger partial charge in [-0.1, -0.05) is 18.2 Å². The predicted octanol–water partition coefficient (Wildman–Crippen LogP) is 2.81. The van der Waals surface area contributed by atoms with E-state index in [-0.39, 0.29) is 17.9 Å². The maximum absolute atomic E-state index is 13.5. The van der Waals surface area contributed by atoms with Gasteiger partial charge in [0.1, 0.15) is 17.6 Å². The zero-order chi connectivity index (χ0) is 22.0. The van der Waals surface area contributed by atoms with E-state index in [2.05, 4.69) is 0 Å². The summed E-state index contributed by atoms with van der Waals surface area (Å²) >= 11 is 0. The molecule has 4 rings (SSSR count). The van der Waals surface area contributed by atoms with Gasteiger partial charge in [0.05, 0.1) is 36.9 Å². The number of ether oxygens (including phenoxy) is 1. The predicted molar refractivity (Wildman–Crippen MR) is 112 cm³/mol. The van der Waals surface area contributed by atoms with Crippen molar-refractivity contribution in [3.05, 3.63) is 78.8 Å². The van der Waals surface area contributed by atoms with Gasteiger partial charge < -0.3 is 9.15 Å². The Labute approximate surface area is 179 Å². The number of nitrogens with zero attached hydrogens (tertiary/aromatic N) is 2. The zero-order valence-corrected chi connectivity index (χ0v) is 17.5. The Morgan fingerprint density at radius 3 is 2.35 bits per heavy atom. The van der Waals surface area contributed by atoms with Crippen LogP contribution in [0.5, 0.6) is 5.75 Å². The number of hydrogen-bond acceptors (Lipinski definition) is 6. The lowest BCUT2D eigenvalue weighted by atomic mass is 10.2. The van der Waals surface area contributed by atoms with Crippen LogP contribution in [0.25, 0.3) is 0 Å². The fourth-order valence-electron chi connectivity index (χ4n) is 3.49. The van der Waals surface area contributed by atoms with Crippen LogP contribution in [0.3, 0.4) is 0 Å². The van der Waals surface area contributed by atoms with E-state index in [0.29, 0.717) is 17.2 Å². The molecule has 0 N–H and O–H groups in total. The second-order valence-corrected chi connectivity index (χ2v) is 8.82. The molecule has 1 fully saturated rings. The molecule has 0 bridgehead atoms. The van der Waals surface area contributed by atoms with E-state index in [4.69, 9.17) is 9.15 Å². The molecule has 1 unspecified atom stereocenters. The third kappa shape index (κ3) is 3.97. The molecule has 160 valence electrons. The van der Waals surface area contributed by atoms with Gasteiger partial charge in [0, 0.05) is 0 Å². The minimum absolute atomic E-state index is 0.0155. The Morgan fingerprint density at radius 1 is 1.03 bits per heavy atom. The van der Waals surface area contributed by atoms with Crippen molar-refractivity contribution >= 4 is 27.5 Å². The van der Waals surface area contributed by atoms with Crippen LogP contribution in [0.1, 0.15) is 12.2 Å². The van der Waals surface area contributed by atoms with Crippen LogP contribution in [-0.2, 0) is 26.2 Å². The van der Waals surface area contributed by atoms with Crippen LogP contribution in [0.2, 0.25) is 0 Å². The van der Waals surface area contributed by atoms with E-state index in [1.165, 1.54) is 37.6 Å². The lowest BCUT2D eigenvalue weighted by molar-refractivity contribution is -0.122. The summed E-state index contributed by atoms with van der Waals surface area (Å²) < 4.78 is 38.5. The summed E-state index contributed by atoms with van der Waals surface area (Å²) in [5, 5.41) is 0. The lowest BCUT2D eigenvalue weighted by Gasteiger charge is -2.26. The molecule has 1 atom stereocenters. The van der Waals surface area contributed by atoms with Crippen LogP contribution < -0.4 is 9.64 Å². The minimum atomic E-state index is -4.13.